The van der Waals surface area contributed by atoms with Gasteiger partial charge in [-0.2, -0.15) is 5.10 Å². The van der Waals surface area contributed by atoms with Gasteiger partial charge >= 0.3 is 0 Å². The number of rotatable bonds is 5. The van der Waals surface area contributed by atoms with Crippen LogP contribution < -0.4 is 15.1 Å². The number of piperazine rings is 1. The second-order valence-corrected chi connectivity index (χ2v) is 6.00. The average molecular weight is 342 g/mol. The molecule has 0 atom stereocenters. The summed E-state index contributed by atoms with van der Waals surface area (Å²) in [4.78, 5) is 32.3. The van der Waals surface area contributed by atoms with Crippen LogP contribution in [0.15, 0.2) is 30.7 Å². The Labute approximate surface area is 146 Å². The standard InChI is InChI=1S/C17H22N6O2/c1-3-6-18-17(25)13-4-5-15(19-9-13)22-7-8-23(16(24)12-22)14-10-20-21(2)11-14/h4-5,9-11H,3,6-8,12H2,1-2H3,(H,18,25). The zero-order valence-electron chi connectivity index (χ0n) is 14.5. The lowest BCUT2D eigenvalue weighted by atomic mass is 10.2. The summed E-state index contributed by atoms with van der Waals surface area (Å²) in [6.07, 6.45) is 5.96. The first-order valence-corrected chi connectivity index (χ1v) is 8.36. The van der Waals surface area contributed by atoms with E-state index in [-0.39, 0.29) is 18.4 Å². The highest BCUT2D eigenvalue weighted by Crippen LogP contribution is 2.19. The van der Waals surface area contributed by atoms with Crippen LogP contribution in [0.5, 0.6) is 0 Å². The molecule has 0 spiro atoms. The molecule has 2 aromatic rings. The molecule has 0 aliphatic carbocycles. The number of carbonyl (C=O) groups excluding carboxylic acids is 2. The summed E-state index contributed by atoms with van der Waals surface area (Å²) in [6, 6.07) is 3.53. The molecular formula is C17H22N6O2. The van der Waals surface area contributed by atoms with E-state index in [4.69, 9.17) is 0 Å². The molecule has 0 unspecified atom stereocenters. The van der Waals surface area contributed by atoms with E-state index in [1.807, 2.05) is 25.1 Å². The fraction of sp³-hybridized carbons (Fsp3) is 0.412. The highest BCUT2D eigenvalue weighted by molar-refractivity contribution is 5.97. The molecule has 0 radical (unpaired) electrons. The second kappa shape index (κ2) is 7.33. The third kappa shape index (κ3) is 3.78. The van der Waals surface area contributed by atoms with Gasteiger partial charge in [-0.15, -0.1) is 0 Å². The van der Waals surface area contributed by atoms with Gasteiger partial charge in [0.25, 0.3) is 5.91 Å². The SMILES string of the molecule is CCCNC(=O)c1ccc(N2CCN(c3cnn(C)c3)C(=O)C2)nc1. The molecule has 2 amide bonds. The molecule has 8 heteroatoms. The predicted molar refractivity (Wildman–Crippen MR) is 94.6 cm³/mol. The van der Waals surface area contributed by atoms with Crippen molar-refractivity contribution in [1.29, 1.82) is 0 Å². The summed E-state index contributed by atoms with van der Waals surface area (Å²) in [7, 11) is 1.83. The van der Waals surface area contributed by atoms with Crippen molar-refractivity contribution in [3.63, 3.8) is 0 Å². The third-order valence-electron chi connectivity index (χ3n) is 4.09. The number of amides is 2. The van der Waals surface area contributed by atoms with Gasteiger partial charge in [-0.25, -0.2) is 4.98 Å². The van der Waals surface area contributed by atoms with E-state index in [1.165, 1.54) is 0 Å². The van der Waals surface area contributed by atoms with Gasteiger partial charge in [0.15, 0.2) is 0 Å². The molecule has 132 valence electrons. The van der Waals surface area contributed by atoms with E-state index >= 15 is 0 Å². The van der Waals surface area contributed by atoms with E-state index in [2.05, 4.69) is 15.4 Å². The molecule has 2 aromatic heterocycles. The first-order chi connectivity index (χ1) is 12.1. The van der Waals surface area contributed by atoms with Gasteiger partial charge in [0.05, 0.1) is 24.0 Å². The largest absolute Gasteiger partial charge is 0.352 e. The van der Waals surface area contributed by atoms with Gasteiger partial charge in [-0.3, -0.25) is 14.3 Å². The molecule has 1 N–H and O–H groups in total. The van der Waals surface area contributed by atoms with Crippen LogP contribution in [0.25, 0.3) is 0 Å². The lowest BCUT2D eigenvalue weighted by Gasteiger charge is -2.34. The first-order valence-electron chi connectivity index (χ1n) is 8.36. The maximum atomic E-state index is 12.4. The Bertz CT molecular complexity index is 755. The van der Waals surface area contributed by atoms with Crippen molar-refractivity contribution in [2.45, 2.75) is 13.3 Å². The number of pyridine rings is 1. The van der Waals surface area contributed by atoms with Crippen LogP contribution in [0.2, 0.25) is 0 Å². The van der Waals surface area contributed by atoms with Crippen molar-refractivity contribution in [2.75, 3.05) is 36.0 Å². The number of nitrogens with zero attached hydrogens (tertiary/aromatic N) is 5. The molecule has 1 fully saturated rings. The molecule has 0 saturated carbocycles. The predicted octanol–water partition coefficient (Wildman–Crippen LogP) is 0.808. The number of anilines is 2. The van der Waals surface area contributed by atoms with E-state index in [1.54, 1.807) is 34.1 Å². The first kappa shape index (κ1) is 16.9. The summed E-state index contributed by atoms with van der Waals surface area (Å²) < 4.78 is 1.68. The Hall–Kier alpha value is -2.90. The van der Waals surface area contributed by atoms with Crippen molar-refractivity contribution in [1.82, 2.24) is 20.1 Å². The summed E-state index contributed by atoms with van der Waals surface area (Å²) in [6.45, 7) is 4.15. The lowest BCUT2D eigenvalue weighted by molar-refractivity contribution is -0.117. The summed E-state index contributed by atoms with van der Waals surface area (Å²) in [5.74, 6) is 0.579. The van der Waals surface area contributed by atoms with Crippen molar-refractivity contribution in [3.8, 4) is 0 Å². The van der Waals surface area contributed by atoms with E-state index in [0.717, 1.165) is 12.1 Å². The lowest BCUT2D eigenvalue weighted by Crippen LogP contribution is -2.50. The van der Waals surface area contributed by atoms with Gasteiger partial charge in [-0.05, 0) is 18.6 Å². The van der Waals surface area contributed by atoms with Gasteiger partial charge in [-0.1, -0.05) is 6.92 Å². The number of aryl methyl sites for hydroxylation is 1. The van der Waals surface area contributed by atoms with Crippen LogP contribution in [-0.2, 0) is 11.8 Å². The maximum Gasteiger partial charge on any atom is 0.252 e. The quantitative estimate of drug-likeness (QED) is 0.869. The van der Waals surface area contributed by atoms with Gasteiger partial charge < -0.3 is 15.1 Å². The van der Waals surface area contributed by atoms with E-state index < -0.39 is 0 Å². The highest BCUT2D eigenvalue weighted by atomic mass is 16.2. The van der Waals surface area contributed by atoms with Crippen LogP contribution in [0.3, 0.4) is 0 Å². The molecule has 25 heavy (non-hydrogen) atoms. The Morgan fingerprint density at radius 1 is 1.28 bits per heavy atom. The van der Waals surface area contributed by atoms with Crippen molar-refractivity contribution in [2.24, 2.45) is 7.05 Å². The van der Waals surface area contributed by atoms with Crippen molar-refractivity contribution >= 4 is 23.3 Å². The normalized spacial score (nSPS) is 14.7. The topological polar surface area (TPSA) is 83.4 Å². The van der Waals surface area contributed by atoms with E-state index in [9.17, 15) is 9.59 Å². The number of aromatic nitrogens is 3. The minimum atomic E-state index is -0.127. The highest BCUT2D eigenvalue weighted by Gasteiger charge is 2.26. The summed E-state index contributed by atoms with van der Waals surface area (Å²) in [5, 5.41) is 6.93. The van der Waals surface area contributed by atoms with Crippen molar-refractivity contribution < 1.29 is 9.59 Å². The Kier molecular flexibility index (Phi) is 4.97. The Balaban J connectivity index is 1.64. The molecule has 8 nitrogen and oxygen atoms in total. The maximum absolute atomic E-state index is 12.4. The summed E-state index contributed by atoms with van der Waals surface area (Å²) >= 11 is 0. The Morgan fingerprint density at radius 2 is 2.12 bits per heavy atom. The second-order valence-electron chi connectivity index (χ2n) is 6.00. The molecular weight excluding hydrogens is 320 g/mol. The number of hydrogen-bond acceptors (Lipinski definition) is 5. The third-order valence-corrected chi connectivity index (χ3v) is 4.09. The van der Waals surface area contributed by atoms with Gasteiger partial charge in [0.2, 0.25) is 5.91 Å². The minimum absolute atomic E-state index is 0.00538. The minimum Gasteiger partial charge on any atom is -0.352 e. The molecule has 1 aliphatic rings. The van der Waals surface area contributed by atoms with Gasteiger partial charge in [0.1, 0.15) is 5.82 Å². The Morgan fingerprint density at radius 3 is 2.72 bits per heavy atom. The molecule has 0 aromatic carbocycles. The zero-order valence-corrected chi connectivity index (χ0v) is 14.5. The number of carbonyl (C=O) groups is 2. The van der Waals surface area contributed by atoms with Crippen LogP contribution in [0.4, 0.5) is 11.5 Å². The van der Waals surface area contributed by atoms with Crippen LogP contribution in [0, 0.1) is 0 Å². The number of hydrogen-bond donors (Lipinski definition) is 1. The molecule has 3 heterocycles. The van der Waals surface area contributed by atoms with Crippen LogP contribution in [0.1, 0.15) is 23.7 Å². The van der Waals surface area contributed by atoms with E-state index in [0.29, 0.717) is 31.0 Å². The molecule has 1 saturated heterocycles. The zero-order chi connectivity index (χ0) is 17.8. The van der Waals surface area contributed by atoms with Crippen LogP contribution in [-0.4, -0.2) is 52.8 Å². The number of nitrogens with one attached hydrogen (secondary N) is 1. The summed E-state index contributed by atoms with van der Waals surface area (Å²) in [5.41, 5.74) is 1.33. The van der Waals surface area contributed by atoms with Crippen LogP contribution >= 0.6 is 0 Å². The molecule has 3 rings (SSSR count). The monoisotopic (exact) mass is 342 g/mol. The van der Waals surface area contributed by atoms with Crippen molar-refractivity contribution in [3.05, 3.63) is 36.3 Å². The fourth-order valence-corrected chi connectivity index (χ4v) is 2.74. The molecule has 0 bridgehead atoms. The average Bonchev–Trinajstić information content (AvgIpc) is 3.05. The van der Waals surface area contributed by atoms with Gasteiger partial charge in [0, 0.05) is 39.1 Å². The molecule has 1 aliphatic heterocycles. The smallest absolute Gasteiger partial charge is 0.252 e. The fourth-order valence-electron chi connectivity index (χ4n) is 2.74.